The van der Waals surface area contributed by atoms with E-state index in [-0.39, 0.29) is 0 Å². The van der Waals surface area contributed by atoms with Crippen molar-refractivity contribution in [3.8, 4) is 0 Å². The predicted octanol–water partition coefficient (Wildman–Crippen LogP) is 3.61. The fourth-order valence-electron chi connectivity index (χ4n) is 0.754. The summed E-state index contributed by atoms with van der Waals surface area (Å²) >= 11 is 0.795. The Kier molecular flexibility index (Phi) is 10.5. The van der Waals surface area contributed by atoms with Crippen LogP contribution in [0.3, 0.4) is 0 Å². The number of hydrogen-bond donors (Lipinski definition) is 0. The summed E-state index contributed by atoms with van der Waals surface area (Å²) < 4.78 is 0. The molecule has 0 unspecified atom stereocenters. The molecule has 0 spiro atoms. The molecule has 0 nitrogen and oxygen atoms in total. The molecule has 0 aliphatic heterocycles. The van der Waals surface area contributed by atoms with Gasteiger partial charge in [0.05, 0.1) is 0 Å². The average molecular weight is 219 g/mol. The van der Waals surface area contributed by atoms with Crippen LogP contribution in [0.4, 0.5) is 0 Å². The van der Waals surface area contributed by atoms with E-state index < -0.39 is 0 Å². The second-order valence-electron chi connectivity index (χ2n) is 2.74. The molecule has 0 aliphatic rings. The molecule has 0 saturated carbocycles. The maximum absolute atomic E-state index is 2.40. The van der Waals surface area contributed by atoms with Crippen molar-refractivity contribution in [1.29, 1.82) is 0 Å². The molecule has 11 heavy (non-hydrogen) atoms. The summed E-state index contributed by atoms with van der Waals surface area (Å²) in [6, 6.07) is 0. The Bertz CT molecular complexity index is 86.9. The van der Waals surface area contributed by atoms with Crippen LogP contribution in [-0.2, 0) is 0 Å². The van der Waals surface area contributed by atoms with Crippen LogP contribution in [0.5, 0.6) is 0 Å². The summed E-state index contributed by atoms with van der Waals surface area (Å²) in [6.07, 6.45) is 9.11. The first-order valence-corrected chi connectivity index (χ1v) is 6.88. The van der Waals surface area contributed by atoms with E-state index in [0.29, 0.717) is 0 Å². The van der Waals surface area contributed by atoms with E-state index in [4.69, 9.17) is 0 Å². The van der Waals surface area contributed by atoms with E-state index in [1.54, 1.807) is 0 Å². The monoisotopic (exact) mass is 220 g/mol. The van der Waals surface area contributed by atoms with Crippen molar-refractivity contribution in [2.24, 2.45) is 0 Å². The number of unbranched alkanes of at least 4 members (excludes halogenated alkanes) is 3. The zero-order valence-electron chi connectivity index (χ0n) is 7.81. The molecule has 0 aromatic rings. The van der Waals surface area contributed by atoms with Crippen LogP contribution < -0.4 is 0 Å². The molecule has 0 saturated heterocycles. The van der Waals surface area contributed by atoms with Crippen molar-refractivity contribution in [1.82, 2.24) is 0 Å². The van der Waals surface area contributed by atoms with Crippen molar-refractivity contribution in [3.63, 3.8) is 0 Å². The Morgan fingerprint density at radius 2 is 1.82 bits per heavy atom. The summed E-state index contributed by atoms with van der Waals surface area (Å²) in [7, 11) is 0. The van der Waals surface area contributed by atoms with E-state index >= 15 is 0 Å². The molecule has 0 aliphatic carbocycles. The van der Waals surface area contributed by atoms with E-state index in [1.165, 1.54) is 37.4 Å². The summed E-state index contributed by atoms with van der Waals surface area (Å²) in [5.41, 5.74) is 0. The molecule has 1 heteroatoms. The fraction of sp³-hybridized carbons (Fsp3) is 0.800. The minimum atomic E-state index is 0.795. The van der Waals surface area contributed by atoms with Crippen molar-refractivity contribution in [3.05, 3.63) is 11.1 Å². The number of rotatable bonds is 7. The third-order valence-electron chi connectivity index (χ3n) is 1.53. The minimum absolute atomic E-state index is 0.795. The van der Waals surface area contributed by atoms with E-state index in [9.17, 15) is 0 Å². The second-order valence-corrected chi connectivity index (χ2v) is 4.87. The Morgan fingerprint density at radius 3 is 2.45 bits per heavy atom. The zero-order valence-corrected chi connectivity index (χ0v) is 9.52. The first-order chi connectivity index (χ1) is 5.41. The van der Waals surface area contributed by atoms with Crippen molar-refractivity contribution in [2.45, 2.75) is 51.3 Å². The van der Waals surface area contributed by atoms with Gasteiger partial charge < -0.3 is 0 Å². The molecule has 0 aromatic heterocycles. The Morgan fingerprint density at radius 1 is 1.09 bits per heavy atom. The van der Waals surface area contributed by atoms with Crippen LogP contribution in [0.1, 0.15) is 46.0 Å². The number of hydrogen-bond acceptors (Lipinski definition) is 0. The molecular weight excluding hydrogens is 199 g/mol. The fourth-order valence-corrected chi connectivity index (χ4v) is 2.57. The molecule has 0 bridgehead atoms. The average Bonchev–Trinajstić information content (AvgIpc) is 2.03. The van der Waals surface area contributed by atoms with Gasteiger partial charge in [-0.25, -0.2) is 0 Å². The molecule has 0 amide bonds. The van der Waals surface area contributed by atoms with E-state index in [0.717, 1.165) is 15.0 Å². The summed E-state index contributed by atoms with van der Waals surface area (Å²) in [6.45, 7) is 4.51. The summed E-state index contributed by atoms with van der Waals surface area (Å²) in [5, 5.41) is 1.44. The van der Waals surface area contributed by atoms with Gasteiger partial charge in [0.25, 0.3) is 0 Å². The zero-order chi connectivity index (χ0) is 8.36. The molecule has 0 N–H and O–H groups in total. The standard InChI is InChI=1S/C10H20Se/c1-3-5-7-8-10-11-9-6-4-2/h8,10H,3-7,9H2,1-2H3. The van der Waals surface area contributed by atoms with Crippen LogP contribution >= 0.6 is 0 Å². The molecule has 0 rings (SSSR count). The Labute approximate surface area is 77.6 Å². The van der Waals surface area contributed by atoms with Gasteiger partial charge in [-0.15, -0.1) is 0 Å². The molecule has 0 fully saturated rings. The van der Waals surface area contributed by atoms with Crippen LogP contribution in [-0.4, -0.2) is 15.0 Å². The maximum atomic E-state index is 2.40. The Hall–Kier alpha value is 0.259. The quantitative estimate of drug-likeness (QED) is 0.453. The molecule has 0 heterocycles. The first-order valence-electron chi connectivity index (χ1n) is 4.68. The molecule has 0 aromatic carbocycles. The van der Waals surface area contributed by atoms with Crippen LogP contribution in [0.15, 0.2) is 11.1 Å². The van der Waals surface area contributed by atoms with Crippen molar-refractivity contribution < 1.29 is 0 Å². The normalized spacial score (nSPS) is 11.1. The molecule has 0 radical (unpaired) electrons. The van der Waals surface area contributed by atoms with E-state index in [1.807, 2.05) is 0 Å². The Balaban J connectivity index is 2.91. The third-order valence-corrected chi connectivity index (χ3v) is 3.44. The number of allylic oxidation sites excluding steroid dienone is 1. The van der Waals surface area contributed by atoms with Gasteiger partial charge in [-0.2, -0.15) is 0 Å². The van der Waals surface area contributed by atoms with Crippen molar-refractivity contribution >= 4 is 15.0 Å². The van der Waals surface area contributed by atoms with Crippen LogP contribution in [0.2, 0.25) is 5.32 Å². The van der Waals surface area contributed by atoms with Gasteiger partial charge in [0.2, 0.25) is 0 Å². The van der Waals surface area contributed by atoms with Gasteiger partial charge in [0, 0.05) is 0 Å². The third kappa shape index (κ3) is 10.3. The summed E-state index contributed by atoms with van der Waals surface area (Å²) in [4.78, 5) is 2.40. The van der Waals surface area contributed by atoms with Crippen molar-refractivity contribution in [2.75, 3.05) is 0 Å². The SMILES string of the molecule is CCCCC=C[Se]CCCC. The molecular formula is C10H20Se. The van der Waals surface area contributed by atoms with Gasteiger partial charge in [-0.05, 0) is 0 Å². The molecule has 66 valence electrons. The summed E-state index contributed by atoms with van der Waals surface area (Å²) in [5.74, 6) is 0. The van der Waals surface area contributed by atoms with Crippen LogP contribution in [0.25, 0.3) is 0 Å². The first kappa shape index (κ1) is 11.3. The van der Waals surface area contributed by atoms with Gasteiger partial charge in [0.1, 0.15) is 0 Å². The van der Waals surface area contributed by atoms with Gasteiger partial charge in [-0.1, -0.05) is 0 Å². The van der Waals surface area contributed by atoms with E-state index in [2.05, 4.69) is 24.9 Å². The topological polar surface area (TPSA) is 0 Å². The molecule has 0 atom stereocenters. The van der Waals surface area contributed by atoms with Gasteiger partial charge in [-0.3, -0.25) is 0 Å². The predicted molar refractivity (Wildman–Crippen MR) is 54.1 cm³/mol. The van der Waals surface area contributed by atoms with Gasteiger partial charge >= 0.3 is 77.3 Å². The van der Waals surface area contributed by atoms with Gasteiger partial charge in [0.15, 0.2) is 0 Å². The van der Waals surface area contributed by atoms with Crippen LogP contribution in [0, 0.1) is 0 Å². The second kappa shape index (κ2) is 10.3.